The molecule has 19 heavy (non-hydrogen) atoms. The van der Waals surface area contributed by atoms with E-state index >= 15 is 0 Å². The largest absolute Gasteiger partial charge is 0.449 e. The molecule has 1 amide bonds. The molecular weight excluding hydrogens is 264 g/mol. The zero-order valence-electron chi connectivity index (χ0n) is 11.0. The van der Waals surface area contributed by atoms with Crippen LogP contribution in [-0.2, 0) is 4.74 Å². The lowest BCUT2D eigenvalue weighted by Gasteiger charge is -2.14. The van der Waals surface area contributed by atoms with Crippen molar-refractivity contribution in [3.8, 4) is 10.6 Å². The quantitative estimate of drug-likeness (QED) is 0.862. The molecule has 0 atom stereocenters. The van der Waals surface area contributed by atoms with Crippen molar-refractivity contribution >= 4 is 22.4 Å². The molecule has 0 saturated heterocycles. The van der Waals surface area contributed by atoms with Crippen LogP contribution in [0.1, 0.15) is 12.6 Å². The zero-order chi connectivity index (χ0) is 13.8. The van der Waals surface area contributed by atoms with Gasteiger partial charge in [-0.05, 0) is 13.8 Å². The van der Waals surface area contributed by atoms with E-state index in [2.05, 4.69) is 15.0 Å². The van der Waals surface area contributed by atoms with Crippen molar-refractivity contribution in [2.45, 2.75) is 13.8 Å². The lowest BCUT2D eigenvalue weighted by molar-refractivity contribution is 0.161. The van der Waals surface area contributed by atoms with Gasteiger partial charge in [-0.25, -0.2) is 19.7 Å². The van der Waals surface area contributed by atoms with Crippen molar-refractivity contribution < 1.29 is 9.53 Å². The molecule has 0 fully saturated rings. The maximum atomic E-state index is 11.7. The standard InChI is InChI=1S/C12H14N4O2S/c1-4-18-12(17)16(3)11-8(2)15-10(19-11)9-5-13-7-14-6-9/h5-7H,4H2,1-3H3. The Labute approximate surface area is 115 Å². The van der Waals surface area contributed by atoms with Crippen LogP contribution in [0, 0.1) is 6.92 Å². The number of aryl methyl sites for hydroxylation is 1. The molecule has 7 heteroatoms. The van der Waals surface area contributed by atoms with Crippen molar-refractivity contribution in [3.05, 3.63) is 24.4 Å². The first-order chi connectivity index (χ1) is 9.13. The van der Waals surface area contributed by atoms with Crippen LogP contribution in [0.5, 0.6) is 0 Å². The molecule has 100 valence electrons. The molecule has 0 radical (unpaired) electrons. The second-order valence-corrected chi connectivity index (χ2v) is 4.77. The first kappa shape index (κ1) is 13.4. The van der Waals surface area contributed by atoms with Gasteiger partial charge in [-0.2, -0.15) is 0 Å². The number of carbonyl (C=O) groups is 1. The Morgan fingerprint density at radius 1 is 1.42 bits per heavy atom. The lowest BCUT2D eigenvalue weighted by atomic mass is 10.3. The van der Waals surface area contributed by atoms with Crippen LogP contribution in [0.15, 0.2) is 18.7 Å². The topological polar surface area (TPSA) is 68.2 Å². The maximum absolute atomic E-state index is 11.7. The second kappa shape index (κ2) is 5.75. The highest BCUT2D eigenvalue weighted by Gasteiger charge is 2.19. The minimum Gasteiger partial charge on any atom is -0.449 e. The highest BCUT2D eigenvalue weighted by molar-refractivity contribution is 7.19. The molecule has 0 spiro atoms. The summed E-state index contributed by atoms with van der Waals surface area (Å²) in [7, 11) is 1.67. The van der Waals surface area contributed by atoms with E-state index in [1.54, 1.807) is 26.4 Å². The Kier molecular flexibility index (Phi) is 4.06. The molecule has 2 heterocycles. The van der Waals surface area contributed by atoms with Gasteiger partial charge in [0.2, 0.25) is 0 Å². The SMILES string of the molecule is CCOC(=O)N(C)c1sc(-c2cncnc2)nc1C. The minimum atomic E-state index is -0.384. The predicted octanol–water partition coefficient (Wildman–Crippen LogP) is 2.50. The van der Waals surface area contributed by atoms with Crippen molar-refractivity contribution in [1.29, 1.82) is 0 Å². The lowest BCUT2D eigenvalue weighted by Crippen LogP contribution is -2.26. The summed E-state index contributed by atoms with van der Waals surface area (Å²) >= 11 is 1.41. The fraction of sp³-hybridized carbons (Fsp3) is 0.333. The summed E-state index contributed by atoms with van der Waals surface area (Å²) in [4.78, 5) is 25.5. The van der Waals surface area contributed by atoms with Gasteiger partial charge in [0, 0.05) is 25.0 Å². The van der Waals surface area contributed by atoms with E-state index in [1.807, 2.05) is 6.92 Å². The summed E-state index contributed by atoms with van der Waals surface area (Å²) < 4.78 is 4.97. The minimum absolute atomic E-state index is 0.348. The first-order valence-electron chi connectivity index (χ1n) is 5.76. The summed E-state index contributed by atoms with van der Waals surface area (Å²) in [5, 5.41) is 1.54. The van der Waals surface area contributed by atoms with Gasteiger partial charge in [-0.15, -0.1) is 0 Å². The van der Waals surface area contributed by atoms with Crippen LogP contribution in [0.25, 0.3) is 10.6 Å². The smallest absolute Gasteiger partial charge is 0.414 e. The van der Waals surface area contributed by atoms with Gasteiger partial charge in [-0.3, -0.25) is 4.90 Å². The van der Waals surface area contributed by atoms with Gasteiger partial charge in [0.15, 0.2) is 0 Å². The Hall–Kier alpha value is -2.02. The van der Waals surface area contributed by atoms with Crippen LogP contribution >= 0.6 is 11.3 Å². The van der Waals surface area contributed by atoms with Crippen molar-refractivity contribution in [3.63, 3.8) is 0 Å². The molecule has 6 nitrogen and oxygen atoms in total. The number of thiazole rings is 1. The molecular formula is C12H14N4O2S. The molecule has 0 unspecified atom stereocenters. The van der Waals surface area contributed by atoms with Gasteiger partial charge in [0.25, 0.3) is 0 Å². The summed E-state index contributed by atoms with van der Waals surface area (Å²) in [5.41, 5.74) is 1.61. The number of amides is 1. The maximum Gasteiger partial charge on any atom is 0.414 e. The van der Waals surface area contributed by atoms with E-state index in [-0.39, 0.29) is 6.09 Å². The molecule has 0 saturated carbocycles. The van der Waals surface area contributed by atoms with Crippen LogP contribution in [0.4, 0.5) is 9.80 Å². The van der Waals surface area contributed by atoms with Crippen LogP contribution in [0.3, 0.4) is 0 Å². The molecule has 0 aliphatic heterocycles. The Morgan fingerprint density at radius 3 is 2.74 bits per heavy atom. The number of anilines is 1. The first-order valence-corrected chi connectivity index (χ1v) is 6.58. The third kappa shape index (κ3) is 2.87. The van der Waals surface area contributed by atoms with Gasteiger partial charge in [0.1, 0.15) is 16.3 Å². The van der Waals surface area contributed by atoms with E-state index in [9.17, 15) is 4.79 Å². The average Bonchev–Trinajstić information content (AvgIpc) is 2.81. The van der Waals surface area contributed by atoms with E-state index in [0.717, 1.165) is 21.3 Å². The Balaban J connectivity index is 2.29. The summed E-state index contributed by atoms with van der Waals surface area (Å²) in [6.45, 7) is 3.98. The molecule has 2 aromatic heterocycles. The van der Waals surface area contributed by atoms with Crippen molar-refractivity contribution in [2.24, 2.45) is 0 Å². The van der Waals surface area contributed by atoms with Gasteiger partial charge < -0.3 is 4.74 Å². The van der Waals surface area contributed by atoms with Crippen molar-refractivity contribution in [2.75, 3.05) is 18.6 Å². The van der Waals surface area contributed by atoms with Gasteiger partial charge in [-0.1, -0.05) is 11.3 Å². The summed E-state index contributed by atoms with van der Waals surface area (Å²) in [5.74, 6) is 0. The molecule has 2 aromatic rings. The molecule has 0 aliphatic rings. The van der Waals surface area contributed by atoms with E-state index in [4.69, 9.17) is 4.74 Å². The van der Waals surface area contributed by atoms with Gasteiger partial charge >= 0.3 is 6.09 Å². The molecule has 2 rings (SSSR count). The number of carbonyl (C=O) groups excluding carboxylic acids is 1. The number of ether oxygens (including phenoxy) is 1. The fourth-order valence-electron chi connectivity index (χ4n) is 1.54. The number of hydrogen-bond donors (Lipinski definition) is 0. The van der Waals surface area contributed by atoms with Crippen LogP contribution in [-0.4, -0.2) is 34.7 Å². The summed E-state index contributed by atoms with van der Waals surface area (Å²) in [6.07, 6.45) is 4.47. The number of nitrogens with zero attached hydrogens (tertiary/aromatic N) is 4. The third-order valence-corrected chi connectivity index (χ3v) is 3.71. The Bertz CT molecular complexity index is 570. The third-order valence-electron chi connectivity index (χ3n) is 2.43. The van der Waals surface area contributed by atoms with Crippen LogP contribution in [0.2, 0.25) is 0 Å². The second-order valence-electron chi connectivity index (χ2n) is 3.79. The zero-order valence-corrected chi connectivity index (χ0v) is 11.8. The van der Waals surface area contributed by atoms with E-state index < -0.39 is 0 Å². The normalized spacial score (nSPS) is 10.3. The van der Waals surface area contributed by atoms with E-state index in [1.165, 1.54) is 22.6 Å². The van der Waals surface area contributed by atoms with Gasteiger partial charge in [0.05, 0.1) is 12.3 Å². The van der Waals surface area contributed by atoms with Crippen molar-refractivity contribution in [1.82, 2.24) is 15.0 Å². The Morgan fingerprint density at radius 2 is 2.11 bits per heavy atom. The number of aromatic nitrogens is 3. The fourth-order valence-corrected chi connectivity index (χ4v) is 2.53. The molecule has 0 aliphatic carbocycles. The monoisotopic (exact) mass is 278 g/mol. The highest BCUT2D eigenvalue weighted by Crippen LogP contribution is 2.33. The average molecular weight is 278 g/mol. The van der Waals surface area contributed by atoms with E-state index in [0.29, 0.717) is 6.61 Å². The molecule has 0 aromatic carbocycles. The number of rotatable bonds is 3. The molecule has 0 bridgehead atoms. The number of hydrogen-bond acceptors (Lipinski definition) is 6. The van der Waals surface area contributed by atoms with Crippen LogP contribution < -0.4 is 4.90 Å². The molecule has 0 N–H and O–H groups in total. The summed E-state index contributed by atoms with van der Waals surface area (Å²) in [6, 6.07) is 0. The highest BCUT2D eigenvalue weighted by atomic mass is 32.1. The predicted molar refractivity (Wildman–Crippen MR) is 73.3 cm³/mol.